The van der Waals surface area contributed by atoms with Crippen LogP contribution in [0.2, 0.25) is 0 Å². The Balaban J connectivity index is 2.08. The Morgan fingerprint density at radius 2 is 2.00 bits per heavy atom. The van der Waals surface area contributed by atoms with Crippen molar-refractivity contribution in [3.05, 3.63) is 5.92 Å². The van der Waals surface area contributed by atoms with Crippen LogP contribution in [0.15, 0.2) is 0 Å². The van der Waals surface area contributed by atoms with Crippen LogP contribution < -0.4 is 0 Å². The first-order valence-electron chi connectivity index (χ1n) is 4.27. The van der Waals surface area contributed by atoms with E-state index in [2.05, 4.69) is 0 Å². The summed E-state index contributed by atoms with van der Waals surface area (Å²) in [5, 5.41) is 0. The molecule has 0 heterocycles. The lowest BCUT2D eigenvalue weighted by Gasteiger charge is -2.23. The van der Waals surface area contributed by atoms with Crippen LogP contribution in [0.25, 0.3) is 0 Å². The summed E-state index contributed by atoms with van der Waals surface area (Å²) in [6.45, 7) is 0. The van der Waals surface area contributed by atoms with E-state index < -0.39 is 0 Å². The third-order valence-corrected chi connectivity index (χ3v) is 3.29. The zero-order chi connectivity index (χ0) is 6.97. The fourth-order valence-corrected chi connectivity index (χ4v) is 2.62. The highest BCUT2D eigenvalue weighted by Gasteiger charge is 2.33. The van der Waals surface area contributed by atoms with Gasteiger partial charge in [0.2, 0.25) is 0 Å². The van der Waals surface area contributed by atoms with Gasteiger partial charge in [0.15, 0.2) is 0 Å². The molecule has 2 aliphatic rings. The molecule has 0 nitrogen and oxygen atoms in total. The second kappa shape index (κ2) is 2.61. The van der Waals surface area contributed by atoms with Crippen molar-refractivity contribution in [1.82, 2.24) is 0 Å². The van der Waals surface area contributed by atoms with Crippen molar-refractivity contribution >= 4 is 17.1 Å². The van der Waals surface area contributed by atoms with Crippen molar-refractivity contribution in [3.63, 3.8) is 0 Å². The molecule has 0 aliphatic heterocycles. The van der Waals surface area contributed by atoms with Crippen LogP contribution in [-0.4, -0.2) is 4.86 Å². The number of thiocarbonyl (C=S) groups is 1. The third-order valence-electron chi connectivity index (χ3n) is 2.82. The van der Waals surface area contributed by atoms with Crippen LogP contribution >= 0.6 is 12.2 Å². The second-order valence-corrected chi connectivity index (χ2v) is 3.92. The van der Waals surface area contributed by atoms with Crippen LogP contribution in [0.3, 0.4) is 0 Å². The molecule has 0 saturated heterocycles. The van der Waals surface area contributed by atoms with Gasteiger partial charge in [0.05, 0.1) is 0 Å². The Morgan fingerprint density at radius 3 is 2.80 bits per heavy atom. The van der Waals surface area contributed by atoms with Gasteiger partial charge in [-0.05, 0) is 31.6 Å². The van der Waals surface area contributed by atoms with E-state index in [-0.39, 0.29) is 0 Å². The normalized spacial score (nSPS) is 34.4. The van der Waals surface area contributed by atoms with Crippen molar-refractivity contribution in [1.29, 1.82) is 0 Å². The van der Waals surface area contributed by atoms with Gasteiger partial charge in [-0.15, -0.1) is 0 Å². The van der Waals surface area contributed by atoms with Crippen LogP contribution in [0.4, 0.5) is 0 Å². The molecule has 0 N–H and O–H groups in total. The average Bonchev–Trinajstić information content (AvgIpc) is 2.34. The minimum Gasteiger partial charge on any atom is -0.0890 e. The molecule has 2 fully saturated rings. The first-order chi connectivity index (χ1) is 4.88. The van der Waals surface area contributed by atoms with Gasteiger partial charge in [-0.1, -0.05) is 25.1 Å². The summed E-state index contributed by atoms with van der Waals surface area (Å²) in [4.78, 5) is 1.31. The molecule has 2 aliphatic carbocycles. The minimum absolute atomic E-state index is 0.918. The van der Waals surface area contributed by atoms with E-state index >= 15 is 0 Å². The fourth-order valence-electron chi connectivity index (χ4n) is 2.24. The van der Waals surface area contributed by atoms with Gasteiger partial charge in [0.1, 0.15) is 0 Å². The zero-order valence-electron chi connectivity index (χ0n) is 6.23. The molecule has 0 aromatic carbocycles. The molecule has 1 atom stereocenters. The van der Waals surface area contributed by atoms with Gasteiger partial charge >= 0.3 is 0 Å². The summed E-state index contributed by atoms with van der Waals surface area (Å²) < 4.78 is 0. The first kappa shape index (κ1) is 6.78. The van der Waals surface area contributed by atoms with Gasteiger partial charge in [-0.3, -0.25) is 0 Å². The maximum Gasteiger partial charge on any atom is 0.0149 e. The number of hydrogen-bond donors (Lipinski definition) is 0. The molecule has 1 radical (unpaired) electrons. The maximum absolute atomic E-state index is 5.28. The monoisotopic (exact) mass is 153 g/mol. The van der Waals surface area contributed by atoms with Crippen LogP contribution in [0.5, 0.6) is 0 Å². The predicted octanol–water partition coefficient (Wildman–Crippen LogP) is 2.91. The molecule has 2 rings (SSSR count). The van der Waals surface area contributed by atoms with Crippen LogP contribution in [-0.2, 0) is 0 Å². The lowest BCUT2D eigenvalue weighted by Crippen LogP contribution is -2.15. The van der Waals surface area contributed by atoms with Crippen LogP contribution in [0.1, 0.15) is 38.5 Å². The summed E-state index contributed by atoms with van der Waals surface area (Å²) in [7, 11) is 0. The lowest BCUT2D eigenvalue weighted by molar-refractivity contribution is 0.430. The SMILES string of the molecule is S=C1CCC2CCCC[C]12. The van der Waals surface area contributed by atoms with E-state index in [4.69, 9.17) is 12.2 Å². The Bertz CT molecular complexity index is 151. The van der Waals surface area contributed by atoms with Crippen molar-refractivity contribution < 1.29 is 0 Å². The van der Waals surface area contributed by atoms with E-state index in [1.165, 1.54) is 43.4 Å². The van der Waals surface area contributed by atoms with Gasteiger partial charge < -0.3 is 0 Å². The Hall–Kier alpha value is 0.0900. The van der Waals surface area contributed by atoms with Gasteiger partial charge in [-0.25, -0.2) is 0 Å². The highest BCUT2D eigenvalue weighted by Crippen LogP contribution is 2.41. The molecule has 0 bridgehead atoms. The largest absolute Gasteiger partial charge is 0.0890 e. The molecule has 1 heteroatoms. The lowest BCUT2D eigenvalue weighted by atomic mass is 9.82. The molecule has 55 valence electrons. The molecule has 0 spiro atoms. The molecule has 2 saturated carbocycles. The quantitative estimate of drug-likeness (QED) is 0.482. The molecule has 0 aromatic heterocycles. The van der Waals surface area contributed by atoms with Gasteiger partial charge in [0, 0.05) is 10.8 Å². The molecular weight excluding hydrogens is 140 g/mol. The molecule has 1 unspecified atom stereocenters. The Labute approximate surface area is 68.0 Å². The van der Waals surface area contributed by atoms with Crippen molar-refractivity contribution in [2.75, 3.05) is 0 Å². The van der Waals surface area contributed by atoms with Crippen LogP contribution in [0, 0.1) is 11.8 Å². The van der Waals surface area contributed by atoms with E-state index in [0.717, 1.165) is 5.92 Å². The predicted molar refractivity (Wildman–Crippen MR) is 47.0 cm³/mol. The van der Waals surface area contributed by atoms with Crippen molar-refractivity contribution in [2.45, 2.75) is 38.5 Å². The molecule has 10 heavy (non-hydrogen) atoms. The average molecular weight is 153 g/mol. The number of rotatable bonds is 0. The van der Waals surface area contributed by atoms with E-state index in [0.29, 0.717) is 0 Å². The standard InChI is InChI=1S/C9H13S/c10-9-6-5-7-3-1-2-4-8(7)9/h7H,1-6H2. The molecule has 0 aromatic rings. The maximum atomic E-state index is 5.28. The van der Waals surface area contributed by atoms with Gasteiger partial charge in [-0.2, -0.15) is 0 Å². The van der Waals surface area contributed by atoms with E-state index in [1.807, 2.05) is 0 Å². The van der Waals surface area contributed by atoms with E-state index in [1.54, 1.807) is 5.92 Å². The highest BCUT2D eigenvalue weighted by molar-refractivity contribution is 7.80. The molecule has 0 amide bonds. The summed E-state index contributed by atoms with van der Waals surface area (Å²) in [6.07, 6.45) is 8.17. The first-order valence-corrected chi connectivity index (χ1v) is 4.67. The fraction of sp³-hybridized carbons (Fsp3) is 0.778. The smallest absolute Gasteiger partial charge is 0.0149 e. The van der Waals surface area contributed by atoms with E-state index in [9.17, 15) is 0 Å². The Kier molecular flexibility index (Phi) is 1.77. The minimum atomic E-state index is 0.918. The zero-order valence-corrected chi connectivity index (χ0v) is 7.04. The van der Waals surface area contributed by atoms with Crippen molar-refractivity contribution in [2.24, 2.45) is 5.92 Å². The third kappa shape index (κ3) is 1.01. The highest BCUT2D eigenvalue weighted by atomic mass is 32.1. The Morgan fingerprint density at radius 1 is 1.10 bits per heavy atom. The molecular formula is C9H13S. The van der Waals surface area contributed by atoms with Gasteiger partial charge in [0.25, 0.3) is 0 Å². The summed E-state index contributed by atoms with van der Waals surface area (Å²) >= 11 is 5.28. The summed E-state index contributed by atoms with van der Waals surface area (Å²) in [6, 6.07) is 0. The summed E-state index contributed by atoms with van der Waals surface area (Å²) in [5.74, 6) is 2.57. The number of fused-ring (bicyclic) bond motifs is 1. The summed E-state index contributed by atoms with van der Waals surface area (Å²) in [5.41, 5.74) is 0. The topological polar surface area (TPSA) is 0 Å². The van der Waals surface area contributed by atoms with Crippen molar-refractivity contribution in [3.8, 4) is 0 Å². The number of hydrogen-bond acceptors (Lipinski definition) is 1. The second-order valence-electron chi connectivity index (χ2n) is 3.43.